The normalized spacial score (nSPS) is 15.2. The van der Waals surface area contributed by atoms with Gasteiger partial charge in [0.05, 0.1) is 28.0 Å². The molecule has 0 spiro atoms. The van der Waals surface area contributed by atoms with E-state index in [1.54, 1.807) is 0 Å². The van der Waals surface area contributed by atoms with Crippen LogP contribution >= 0.6 is 0 Å². The van der Waals surface area contributed by atoms with Gasteiger partial charge >= 0.3 is 11.4 Å². The number of benzene rings is 1. The van der Waals surface area contributed by atoms with Gasteiger partial charge in [-0.2, -0.15) is 0 Å². The Labute approximate surface area is 143 Å². The minimum atomic E-state index is -3.84. The number of nitro benzene ring substituents is 2. The van der Waals surface area contributed by atoms with E-state index in [9.17, 15) is 28.6 Å². The summed E-state index contributed by atoms with van der Waals surface area (Å²) in [5.74, 6) is 0. The van der Waals surface area contributed by atoms with Crippen LogP contribution in [0.2, 0.25) is 0 Å². The number of nitrogens with one attached hydrogen (secondary N) is 1. The molecule has 1 aromatic carbocycles. The molecule has 0 aliphatic carbocycles. The van der Waals surface area contributed by atoms with Gasteiger partial charge < -0.3 is 14.8 Å². The first-order valence-electron chi connectivity index (χ1n) is 7.34. The first-order chi connectivity index (χ1) is 11.7. The molecule has 1 N–H and O–H groups in total. The molecule has 1 fully saturated rings. The van der Waals surface area contributed by atoms with Crippen LogP contribution in [0, 0.1) is 20.2 Å². The van der Waals surface area contributed by atoms with Crippen molar-refractivity contribution in [2.75, 3.05) is 31.3 Å². The fraction of sp³-hybridized carbons (Fsp3) is 0.538. The van der Waals surface area contributed by atoms with Gasteiger partial charge in [0.1, 0.15) is 0 Å². The molecule has 2 rings (SSSR count). The number of anilines is 1. The van der Waals surface area contributed by atoms with Crippen molar-refractivity contribution in [3.8, 4) is 0 Å². The first kappa shape index (κ1) is 19.0. The third-order valence-electron chi connectivity index (χ3n) is 3.50. The fourth-order valence-corrected chi connectivity index (χ4v) is 2.98. The summed E-state index contributed by atoms with van der Waals surface area (Å²) in [4.78, 5) is 20.3. The number of ether oxygens (including phenoxy) is 2. The van der Waals surface area contributed by atoms with Gasteiger partial charge in [-0.05, 0) is 6.42 Å². The highest BCUT2D eigenvalue weighted by Gasteiger charge is 2.29. The van der Waals surface area contributed by atoms with Gasteiger partial charge in [-0.1, -0.05) is 0 Å². The van der Waals surface area contributed by atoms with E-state index in [2.05, 4.69) is 5.32 Å². The van der Waals surface area contributed by atoms with E-state index in [1.807, 2.05) is 0 Å². The quantitative estimate of drug-likeness (QED) is 0.404. The molecule has 1 saturated heterocycles. The van der Waals surface area contributed by atoms with Crippen molar-refractivity contribution >= 4 is 26.9 Å². The van der Waals surface area contributed by atoms with E-state index in [0.717, 1.165) is 18.4 Å². The first-order valence-corrected chi connectivity index (χ1v) is 9.23. The lowest BCUT2D eigenvalue weighted by Crippen LogP contribution is -2.12. The Bertz CT molecular complexity index is 738. The van der Waals surface area contributed by atoms with Crippen LogP contribution in [0.1, 0.15) is 12.8 Å². The zero-order valence-corrected chi connectivity index (χ0v) is 14.2. The topological polar surface area (TPSA) is 151 Å². The number of rotatable bonds is 8. The van der Waals surface area contributed by atoms with Crippen molar-refractivity contribution < 1.29 is 27.7 Å². The maximum absolute atomic E-state index is 11.6. The van der Waals surface area contributed by atoms with Crippen LogP contribution in [0.25, 0.3) is 0 Å². The molecule has 1 aliphatic rings. The second kappa shape index (κ2) is 7.72. The Kier molecular flexibility index (Phi) is 5.87. The Morgan fingerprint density at radius 3 is 2.12 bits per heavy atom. The molecule has 0 bridgehead atoms. The van der Waals surface area contributed by atoms with Crippen molar-refractivity contribution in [1.29, 1.82) is 0 Å². The maximum atomic E-state index is 11.6. The largest absolute Gasteiger partial charge is 0.374 e. The summed E-state index contributed by atoms with van der Waals surface area (Å²) in [5.41, 5.74) is -1.65. The van der Waals surface area contributed by atoms with Crippen LogP contribution in [0.5, 0.6) is 0 Å². The van der Waals surface area contributed by atoms with Gasteiger partial charge in [0.15, 0.2) is 21.8 Å². The molecule has 0 amide bonds. The van der Waals surface area contributed by atoms with E-state index in [-0.39, 0.29) is 18.5 Å². The smallest absolute Gasteiger partial charge is 0.300 e. The summed E-state index contributed by atoms with van der Waals surface area (Å²) in [7, 11) is -3.84. The van der Waals surface area contributed by atoms with Crippen molar-refractivity contribution in [2.24, 2.45) is 0 Å². The predicted molar refractivity (Wildman–Crippen MR) is 86.3 cm³/mol. The van der Waals surface area contributed by atoms with Gasteiger partial charge in [0, 0.05) is 31.4 Å². The third-order valence-corrected chi connectivity index (χ3v) is 4.59. The average Bonchev–Trinajstić information content (AvgIpc) is 3.03. The highest BCUT2D eigenvalue weighted by atomic mass is 32.2. The Hall–Kier alpha value is -2.31. The zero-order valence-electron chi connectivity index (χ0n) is 13.3. The SMILES string of the molecule is CS(=O)(=O)c1cc([N+](=O)[O-])c(NCCCC2OCCO2)c([N+](=O)[O-])c1. The molecule has 0 aromatic heterocycles. The van der Waals surface area contributed by atoms with E-state index in [4.69, 9.17) is 9.47 Å². The van der Waals surface area contributed by atoms with Gasteiger partial charge in [0.25, 0.3) is 0 Å². The lowest BCUT2D eigenvalue weighted by Gasteiger charge is -2.11. The molecular formula is C13H17N3O8S. The van der Waals surface area contributed by atoms with Crippen LogP contribution in [-0.4, -0.2) is 50.6 Å². The summed E-state index contributed by atoms with van der Waals surface area (Å²) in [5, 5.41) is 25.1. The molecule has 138 valence electrons. The molecule has 0 radical (unpaired) electrons. The van der Waals surface area contributed by atoms with Crippen LogP contribution in [0.4, 0.5) is 17.1 Å². The second-order valence-electron chi connectivity index (χ2n) is 5.36. The van der Waals surface area contributed by atoms with Gasteiger partial charge in [-0.15, -0.1) is 0 Å². The second-order valence-corrected chi connectivity index (χ2v) is 7.38. The molecule has 25 heavy (non-hydrogen) atoms. The number of sulfone groups is 1. The standard InChI is InChI=1S/C13H17N3O8S/c1-25(21,22)9-7-10(15(17)18)13(11(8-9)16(19)20)14-4-2-3-12-23-5-6-24-12/h7-8,12,14H,2-6H2,1H3. The third kappa shape index (κ3) is 4.84. The van der Waals surface area contributed by atoms with Crippen LogP contribution < -0.4 is 5.32 Å². The lowest BCUT2D eigenvalue weighted by atomic mass is 10.2. The summed E-state index contributed by atoms with van der Waals surface area (Å²) >= 11 is 0. The number of hydrogen-bond donors (Lipinski definition) is 1. The van der Waals surface area contributed by atoms with Crippen molar-refractivity contribution in [3.05, 3.63) is 32.4 Å². The highest BCUT2D eigenvalue weighted by molar-refractivity contribution is 7.90. The van der Waals surface area contributed by atoms with Crippen molar-refractivity contribution in [1.82, 2.24) is 0 Å². The van der Waals surface area contributed by atoms with E-state index in [1.165, 1.54) is 0 Å². The fourth-order valence-electron chi connectivity index (χ4n) is 2.33. The maximum Gasteiger partial charge on any atom is 0.300 e. The minimum Gasteiger partial charge on any atom is -0.374 e. The Morgan fingerprint density at radius 1 is 1.16 bits per heavy atom. The van der Waals surface area contributed by atoms with Crippen LogP contribution in [0.15, 0.2) is 17.0 Å². The minimum absolute atomic E-state index is 0.198. The zero-order chi connectivity index (χ0) is 18.6. The lowest BCUT2D eigenvalue weighted by molar-refractivity contribution is -0.392. The molecule has 1 aromatic rings. The monoisotopic (exact) mass is 375 g/mol. The molecule has 1 aliphatic heterocycles. The van der Waals surface area contributed by atoms with Gasteiger partial charge in [0.2, 0.25) is 0 Å². The Morgan fingerprint density at radius 2 is 1.68 bits per heavy atom. The molecule has 1 heterocycles. The average molecular weight is 375 g/mol. The van der Waals surface area contributed by atoms with Crippen LogP contribution in [0.3, 0.4) is 0 Å². The summed E-state index contributed by atoms with van der Waals surface area (Å²) in [6, 6.07) is 1.63. The van der Waals surface area contributed by atoms with Gasteiger partial charge in [-0.25, -0.2) is 8.42 Å². The van der Waals surface area contributed by atoms with Crippen LogP contribution in [-0.2, 0) is 19.3 Å². The molecule has 0 unspecified atom stereocenters. The summed E-state index contributed by atoms with van der Waals surface area (Å²) in [6.45, 7) is 1.20. The van der Waals surface area contributed by atoms with Crippen molar-refractivity contribution in [3.63, 3.8) is 0 Å². The number of hydrogen-bond acceptors (Lipinski definition) is 9. The summed E-state index contributed by atoms with van der Waals surface area (Å²) < 4.78 is 33.7. The van der Waals surface area contributed by atoms with E-state index in [0.29, 0.717) is 26.1 Å². The molecule has 12 heteroatoms. The van der Waals surface area contributed by atoms with Gasteiger partial charge in [-0.3, -0.25) is 20.2 Å². The Balaban J connectivity index is 2.24. The molecule has 0 saturated carbocycles. The number of nitrogens with zero attached hydrogens (tertiary/aromatic N) is 2. The van der Waals surface area contributed by atoms with E-state index >= 15 is 0 Å². The highest BCUT2D eigenvalue weighted by Crippen LogP contribution is 2.37. The number of nitro groups is 2. The summed E-state index contributed by atoms with van der Waals surface area (Å²) in [6.07, 6.45) is 1.49. The predicted octanol–water partition coefficient (Wildman–Crippen LogP) is 1.47. The molecule has 11 nitrogen and oxygen atoms in total. The molecule has 0 atom stereocenters. The molecular weight excluding hydrogens is 358 g/mol. The van der Waals surface area contributed by atoms with Crippen molar-refractivity contribution in [2.45, 2.75) is 24.0 Å². The van der Waals surface area contributed by atoms with E-state index < -0.39 is 36.0 Å².